The highest BCUT2D eigenvalue weighted by Gasteiger charge is 2.28. The van der Waals surface area contributed by atoms with Crippen molar-refractivity contribution in [1.29, 1.82) is 0 Å². The molecule has 194 valence electrons. The Morgan fingerprint density at radius 1 is 1.20 bits per heavy atom. The fraction of sp³-hybridized carbons (Fsp3) is 0.542. The summed E-state index contributed by atoms with van der Waals surface area (Å²) in [4.78, 5) is 32.5. The number of aliphatic hydroxyl groups is 3. The molecule has 2 aromatic rings. The highest BCUT2D eigenvalue weighted by atomic mass is 16.6. The molecule has 0 bridgehead atoms. The Labute approximate surface area is 204 Å². The molecule has 11 nitrogen and oxygen atoms in total. The maximum absolute atomic E-state index is 13.2. The topological polar surface area (TPSA) is 146 Å². The second kappa shape index (κ2) is 13.8. The van der Waals surface area contributed by atoms with Crippen LogP contribution in [0.3, 0.4) is 0 Å². The van der Waals surface area contributed by atoms with E-state index in [0.29, 0.717) is 32.7 Å². The van der Waals surface area contributed by atoms with Crippen LogP contribution in [0.2, 0.25) is 0 Å². The first kappa shape index (κ1) is 28.2. The number of aliphatic hydroxyl groups excluding tert-OH is 3. The van der Waals surface area contributed by atoms with E-state index in [1.165, 1.54) is 13.8 Å². The van der Waals surface area contributed by atoms with Crippen molar-refractivity contribution in [3.63, 3.8) is 0 Å². The summed E-state index contributed by atoms with van der Waals surface area (Å²) in [6, 6.07) is 7.12. The third kappa shape index (κ3) is 7.76. The van der Waals surface area contributed by atoms with Crippen LogP contribution in [0.4, 0.5) is 0 Å². The van der Waals surface area contributed by atoms with Crippen LogP contribution in [-0.2, 0) is 32.6 Å². The van der Waals surface area contributed by atoms with E-state index in [4.69, 9.17) is 14.7 Å². The molecule has 0 radical (unpaired) electrons. The highest BCUT2D eigenvalue weighted by Crippen LogP contribution is 2.22. The van der Waals surface area contributed by atoms with Crippen LogP contribution in [0.15, 0.2) is 35.6 Å². The number of rotatable bonds is 9. The number of carbonyl (C=O) groups excluding carboxylic acids is 2. The standard InChI is InChI=1S/C23H32N4O6.CH4O/c1-15(22(30)16(2)28)25-33-14-21(29)24-19(23(31)27-8-10-32-11-9-27)12-17-13-26(3)20-7-5-4-6-18(17)20;1-2/h4-7,13,16,19,22,28,30H,8-12,14H2,1-3H3,(H,24,29);2H,1H3/b25-15-;. The van der Waals surface area contributed by atoms with E-state index in [9.17, 15) is 19.8 Å². The number of aromatic nitrogens is 1. The van der Waals surface area contributed by atoms with Crippen LogP contribution in [0.1, 0.15) is 19.4 Å². The van der Waals surface area contributed by atoms with E-state index in [1.54, 1.807) is 4.90 Å². The predicted molar refractivity (Wildman–Crippen MR) is 131 cm³/mol. The molecule has 2 amide bonds. The zero-order valence-electron chi connectivity index (χ0n) is 20.7. The van der Waals surface area contributed by atoms with E-state index < -0.39 is 30.8 Å². The maximum atomic E-state index is 13.2. The summed E-state index contributed by atoms with van der Waals surface area (Å²) in [6.45, 7) is 4.35. The summed E-state index contributed by atoms with van der Waals surface area (Å²) < 4.78 is 7.34. The number of para-hydroxylation sites is 1. The lowest BCUT2D eigenvalue weighted by atomic mass is 10.0. The van der Waals surface area contributed by atoms with E-state index in [0.717, 1.165) is 23.6 Å². The van der Waals surface area contributed by atoms with Crippen LogP contribution in [0.5, 0.6) is 0 Å². The summed E-state index contributed by atoms with van der Waals surface area (Å²) in [6.07, 6.45) is 0.0992. The predicted octanol–water partition coefficient (Wildman–Crippen LogP) is -0.193. The Morgan fingerprint density at radius 2 is 1.86 bits per heavy atom. The summed E-state index contributed by atoms with van der Waals surface area (Å²) >= 11 is 0. The molecule has 3 atom stereocenters. The minimum Gasteiger partial charge on any atom is -0.400 e. The van der Waals surface area contributed by atoms with Gasteiger partial charge in [0, 0.05) is 50.8 Å². The lowest BCUT2D eigenvalue weighted by molar-refractivity contribution is -0.140. The second-order valence-corrected chi connectivity index (χ2v) is 8.24. The molecule has 0 spiro atoms. The van der Waals surface area contributed by atoms with Crippen molar-refractivity contribution < 1.29 is 34.5 Å². The van der Waals surface area contributed by atoms with Crippen molar-refractivity contribution in [2.75, 3.05) is 40.0 Å². The highest BCUT2D eigenvalue weighted by molar-refractivity contribution is 5.90. The number of morpholine rings is 1. The molecule has 4 N–H and O–H groups in total. The SMILES string of the molecule is C/C(=N/OCC(=O)NC(Cc1cn(C)c2ccccc12)C(=O)N1CCOCC1)C(O)C(C)O.CO. The van der Waals surface area contributed by atoms with Gasteiger partial charge in [0.05, 0.1) is 25.0 Å². The van der Waals surface area contributed by atoms with Crippen LogP contribution < -0.4 is 5.32 Å². The van der Waals surface area contributed by atoms with Gasteiger partial charge >= 0.3 is 0 Å². The smallest absolute Gasteiger partial charge is 0.261 e. The number of amides is 2. The third-order valence-electron chi connectivity index (χ3n) is 5.65. The van der Waals surface area contributed by atoms with Crippen molar-refractivity contribution in [1.82, 2.24) is 14.8 Å². The Bertz CT molecular complexity index is 999. The number of nitrogens with one attached hydrogen (secondary N) is 1. The van der Waals surface area contributed by atoms with Gasteiger partial charge in [0.1, 0.15) is 12.1 Å². The van der Waals surface area contributed by atoms with Gasteiger partial charge in [-0.1, -0.05) is 23.4 Å². The van der Waals surface area contributed by atoms with Gasteiger partial charge in [-0.3, -0.25) is 9.59 Å². The Balaban J connectivity index is 0.00000210. The first-order chi connectivity index (χ1) is 16.8. The van der Waals surface area contributed by atoms with E-state index in [1.807, 2.05) is 42.1 Å². The molecular weight excluding hydrogens is 456 g/mol. The Kier molecular flexibility index (Phi) is 11.1. The molecule has 1 aliphatic heterocycles. The summed E-state index contributed by atoms with van der Waals surface area (Å²) in [5.41, 5.74) is 2.14. The minimum absolute atomic E-state index is 0.148. The van der Waals surface area contributed by atoms with Gasteiger partial charge in [0.15, 0.2) is 6.61 Å². The molecule has 2 heterocycles. The Hall–Kier alpha value is -2.99. The number of benzene rings is 1. The van der Waals surface area contributed by atoms with Crippen LogP contribution in [-0.4, -0.2) is 101 Å². The zero-order valence-corrected chi connectivity index (χ0v) is 20.7. The minimum atomic E-state index is -1.19. The number of oxime groups is 1. The van der Waals surface area contributed by atoms with E-state index >= 15 is 0 Å². The molecule has 3 unspecified atom stereocenters. The van der Waals surface area contributed by atoms with E-state index in [2.05, 4.69) is 10.5 Å². The Morgan fingerprint density at radius 3 is 2.51 bits per heavy atom. The van der Waals surface area contributed by atoms with Gasteiger partial charge in [-0.05, 0) is 25.5 Å². The lowest BCUT2D eigenvalue weighted by Gasteiger charge is -2.30. The van der Waals surface area contributed by atoms with Crippen molar-refractivity contribution in [3.05, 3.63) is 36.0 Å². The monoisotopic (exact) mass is 492 g/mol. The number of ether oxygens (including phenoxy) is 1. The largest absolute Gasteiger partial charge is 0.400 e. The van der Waals surface area contributed by atoms with Gasteiger partial charge < -0.3 is 39.7 Å². The number of nitrogens with zero attached hydrogens (tertiary/aromatic N) is 3. The fourth-order valence-electron chi connectivity index (χ4n) is 3.84. The molecule has 11 heteroatoms. The molecule has 3 rings (SSSR count). The first-order valence-electron chi connectivity index (χ1n) is 11.4. The first-order valence-corrected chi connectivity index (χ1v) is 11.4. The van der Waals surface area contributed by atoms with Crippen molar-refractivity contribution >= 4 is 28.4 Å². The number of hydrogen-bond donors (Lipinski definition) is 4. The summed E-state index contributed by atoms with van der Waals surface area (Å²) in [5, 5.41) is 33.6. The van der Waals surface area contributed by atoms with Crippen LogP contribution in [0.25, 0.3) is 10.9 Å². The molecule has 0 aliphatic carbocycles. The van der Waals surface area contributed by atoms with E-state index in [-0.39, 0.29) is 11.6 Å². The van der Waals surface area contributed by atoms with Gasteiger partial charge in [-0.25, -0.2) is 0 Å². The number of aryl methyl sites for hydroxylation is 1. The third-order valence-corrected chi connectivity index (χ3v) is 5.65. The number of fused-ring (bicyclic) bond motifs is 1. The van der Waals surface area contributed by atoms with Gasteiger partial charge in [0.25, 0.3) is 5.91 Å². The maximum Gasteiger partial charge on any atom is 0.261 e. The molecule has 1 aromatic heterocycles. The fourth-order valence-corrected chi connectivity index (χ4v) is 3.84. The second-order valence-electron chi connectivity index (χ2n) is 8.24. The van der Waals surface area contributed by atoms with Crippen molar-refractivity contribution in [2.45, 2.75) is 38.5 Å². The molecule has 0 saturated carbocycles. The molecule has 1 aliphatic rings. The quantitative estimate of drug-likeness (QED) is 0.280. The van der Waals surface area contributed by atoms with Gasteiger partial charge in [-0.15, -0.1) is 0 Å². The van der Waals surface area contributed by atoms with Gasteiger partial charge in [0.2, 0.25) is 5.91 Å². The van der Waals surface area contributed by atoms with Crippen LogP contribution in [0, 0.1) is 0 Å². The average Bonchev–Trinajstić information content (AvgIpc) is 3.19. The summed E-state index contributed by atoms with van der Waals surface area (Å²) in [7, 11) is 2.94. The normalized spacial score (nSPS) is 16.7. The zero-order chi connectivity index (χ0) is 26.0. The number of carbonyl (C=O) groups is 2. The molecule has 1 aromatic carbocycles. The number of hydrogen-bond acceptors (Lipinski definition) is 8. The van der Waals surface area contributed by atoms with Crippen molar-refractivity contribution in [3.8, 4) is 0 Å². The molecule has 35 heavy (non-hydrogen) atoms. The van der Waals surface area contributed by atoms with Gasteiger partial charge in [-0.2, -0.15) is 0 Å². The summed E-state index contributed by atoms with van der Waals surface area (Å²) in [5.74, 6) is -0.686. The molecular formula is C24H36N4O7. The molecule has 1 fully saturated rings. The lowest BCUT2D eigenvalue weighted by Crippen LogP contribution is -2.53. The molecule has 1 saturated heterocycles. The van der Waals surface area contributed by atoms with Crippen LogP contribution >= 0.6 is 0 Å². The van der Waals surface area contributed by atoms with Crippen molar-refractivity contribution in [2.24, 2.45) is 12.2 Å². The average molecular weight is 493 g/mol.